The minimum absolute atomic E-state index is 0.188. The van der Waals surface area contributed by atoms with Crippen LogP contribution in [0.15, 0.2) is 18.2 Å². The van der Waals surface area contributed by atoms with Crippen LogP contribution in [0.4, 0.5) is 0 Å². The predicted octanol–water partition coefficient (Wildman–Crippen LogP) is 1.81. The van der Waals surface area contributed by atoms with Crippen molar-refractivity contribution in [2.75, 3.05) is 20.8 Å². The van der Waals surface area contributed by atoms with Crippen molar-refractivity contribution in [1.29, 1.82) is 0 Å². The molecule has 2 N–H and O–H groups in total. The van der Waals surface area contributed by atoms with E-state index in [9.17, 15) is 0 Å². The van der Waals surface area contributed by atoms with Gasteiger partial charge in [-0.2, -0.15) is 0 Å². The molecule has 0 fully saturated rings. The van der Waals surface area contributed by atoms with E-state index in [0.29, 0.717) is 6.54 Å². The highest BCUT2D eigenvalue weighted by Crippen LogP contribution is 2.24. The molecule has 102 valence electrons. The fourth-order valence-electron chi connectivity index (χ4n) is 1.63. The summed E-state index contributed by atoms with van der Waals surface area (Å²) in [6, 6.07) is 6.03. The summed E-state index contributed by atoms with van der Waals surface area (Å²) in [4.78, 5) is 0. The van der Waals surface area contributed by atoms with Crippen molar-refractivity contribution in [2.45, 2.75) is 26.4 Å². The first kappa shape index (κ1) is 14.8. The van der Waals surface area contributed by atoms with Crippen molar-refractivity contribution < 1.29 is 14.6 Å². The predicted molar refractivity (Wildman–Crippen MR) is 72.1 cm³/mol. The molecular formula is C14H23NO3. The Labute approximate surface area is 109 Å². The Kier molecular flexibility index (Phi) is 5.95. The molecule has 1 aromatic rings. The molecule has 4 nitrogen and oxygen atoms in total. The van der Waals surface area contributed by atoms with Crippen LogP contribution in [0.1, 0.15) is 19.4 Å². The fraction of sp³-hybridized carbons (Fsp3) is 0.571. The molecule has 18 heavy (non-hydrogen) atoms. The first-order valence-electron chi connectivity index (χ1n) is 6.17. The summed E-state index contributed by atoms with van der Waals surface area (Å²) in [6.07, 6.45) is 0. The van der Waals surface area contributed by atoms with Gasteiger partial charge in [0, 0.05) is 30.8 Å². The van der Waals surface area contributed by atoms with E-state index in [0.717, 1.165) is 17.1 Å². The Balaban J connectivity index is 2.67. The number of benzene rings is 1. The monoisotopic (exact) mass is 253 g/mol. The normalized spacial score (nSPS) is 14.1. The standard InChI is InChI=1S/C14H23NO3/c1-10(9-16)11(2)15-8-12-5-6-13(17-3)7-14(12)18-4/h5-7,10-11,15-16H,8-9H2,1-4H3. The zero-order valence-corrected chi connectivity index (χ0v) is 11.6. The van der Waals surface area contributed by atoms with Gasteiger partial charge in [0.25, 0.3) is 0 Å². The van der Waals surface area contributed by atoms with E-state index in [2.05, 4.69) is 12.2 Å². The smallest absolute Gasteiger partial charge is 0.127 e. The molecule has 0 heterocycles. The van der Waals surface area contributed by atoms with Gasteiger partial charge >= 0.3 is 0 Å². The quantitative estimate of drug-likeness (QED) is 0.778. The van der Waals surface area contributed by atoms with Crippen molar-refractivity contribution >= 4 is 0 Å². The van der Waals surface area contributed by atoms with Crippen LogP contribution >= 0.6 is 0 Å². The molecule has 0 saturated heterocycles. The maximum Gasteiger partial charge on any atom is 0.127 e. The SMILES string of the molecule is COc1ccc(CNC(C)C(C)CO)c(OC)c1. The molecule has 0 amide bonds. The lowest BCUT2D eigenvalue weighted by molar-refractivity contribution is 0.206. The Hall–Kier alpha value is -1.26. The van der Waals surface area contributed by atoms with Gasteiger partial charge in [0.05, 0.1) is 14.2 Å². The Morgan fingerprint density at radius 3 is 2.50 bits per heavy atom. The Morgan fingerprint density at radius 1 is 1.22 bits per heavy atom. The van der Waals surface area contributed by atoms with E-state index in [1.54, 1.807) is 14.2 Å². The zero-order chi connectivity index (χ0) is 13.5. The zero-order valence-electron chi connectivity index (χ0n) is 11.6. The summed E-state index contributed by atoms with van der Waals surface area (Å²) in [5.41, 5.74) is 1.08. The third-order valence-electron chi connectivity index (χ3n) is 3.25. The first-order chi connectivity index (χ1) is 8.62. The van der Waals surface area contributed by atoms with Crippen molar-refractivity contribution in [1.82, 2.24) is 5.32 Å². The van der Waals surface area contributed by atoms with Gasteiger partial charge in [0.2, 0.25) is 0 Å². The second kappa shape index (κ2) is 7.24. The summed E-state index contributed by atoms with van der Waals surface area (Å²) < 4.78 is 10.5. The highest BCUT2D eigenvalue weighted by Gasteiger charge is 2.11. The van der Waals surface area contributed by atoms with Crippen LogP contribution < -0.4 is 14.8 Å². The number of hydrogen-bond acceptors (Lipinski definition) is 4. The minimum Gasteiger partial charge on any atom is -0.497 e. The van der Waals surface area contributed by atoms with Crippen LogP contribution in [0.2, 0.25) is 0 Å². The molecule has 0 saturated carbocycles. The van der Waals surface area contributed by atoms with Crippen molar-refractivity contribution in [3.8, 4) is 11.5 Å². The van der Waals surface area contributed by atoms with E-state index in [-0.39, 0.29) is 18.6 Å². The van der Waals surface area contributed by atoms with Gasteiger partial charge < -0.3 is 19.9 Å². The molecular weight excluding hydrogens is 230 g/mol. The maximum atomic E-state index is 9.09. The molecule has 1 aromatic carbocycles. The third-order valence-corrected chi connectivity index (χ3v) is 3.25. The van der Waals surface area contributed by atoms with Gasteiger partial charge in [0.15, 0.2) is 0 Å². The molecule has 0 aliphatic rings. The van der Waals surface area contributed by atoms with Gasteiger partial charge in [-0.3, -0.25) is 0 Å². The van der Waals surface area contributed by atoms with Gasteiger partial charge in [-0.1, -0.05) is 13.0 Å². The number of methoxy groups -OCH3 is 2. The van der Waals surface area contributed by atoms with E-state index >= 15 is 0 Å². The van der Waals surface area contributed by atoms with Gasteiger partial charge in [-0.15, -0.1) is 0 Å². The lowest BCUT2D eigenvalue weighted by Crippen LogP contribution is -2.33. The van der Waals surface area contributed by atoms with Crippen molar-refractivity contribution in [3.05, 3.63) is 23.8 Å². The molecule has 1 rings (SSSR count). The molecule has 0 spiro atoms. The van der Waals surface area contributed by atoms with Crippen molar-refractivity contribution in [2.24, 2.45) is 5.92 Å². The summed E-state index contributed by atoms with van der Waals surface area (Å²) in [7, 11) is 3.29. The molecule has 4 heteroatoms. The van der Waals surface area contributed by atoms with E-state index in [4.69, 9.17) is 14.6 Å². The average Bonchev–Trinajstić information content (AvgIpc) is 2.43. The average molecular weight is 253 g/mol. The topological polar surface area (TPSA) is 50.7 Å². The molecule has 2 atom stereocenters. The van der Waals surface area contributed by atoms with E-state index in [1.807, 2.05) is 25.1 Å². The third kappa shape index (κ3) is 3.89. The highest BCUT2D eigenvalue weighted by molar-refractivity contribution is 5.40. The van der Waals surface area contributed by atoms with Gasteiger partial charge in [-0.05, 0) is 18.9 Å². The maximum absolute atomic E-state index is 9.09. The van der Waals surface area contributed by atoms with E-state index in [1.165, 1.54) is 0 Å². The van der Waals surface area contributed by atoms with Crippen LogP contribution in [0.25, 0.3) is 0 Å². The molecule has 0 bridgehead atoms. The Bertz CT molecular complexity index is 368. The summed E-state index contributed by atoms with van der Waals surface area (Å²) >= 11 is 0. The molecule has 0 aliphatic heterocycles. The molecule has 0 aliphatic carbocycles. The van der Waals surface area contributed by atoms with Crippen LogP contribution in [0.3, 0.4) is 0 Å². The number of ether oxygens (including phenoxy) is 2. The lowest BCUT2D eigenvalue weighted by atomic mass is 10.0. The number of nitrogens with one attached hydrogen (secondary N) is 1. The van der Waals surface area contributed by atoms with Gasteiger partial charge in [0.1, 0.15) is 11.5 Å². The number of aliphatic hydroxyl groups excluding tert-OH is 1. The largest absolute Gasteiger partial charge is 0.497 e. The summed E-state index contributed by atoms with van der Waals surface area (Å²) in [5, 5.41) is 12.5. The Morgan fingerprint density at radius 2 is 1.94 bits per heavy atom. The number of hydrogen-bond donors (Lipinski definition) is 2. The van der Waals surface area contributed by atoms with Crippen molar-refractivity contribution in [3.63, 3.8) is 0 Å². The van der Waals surface area contributed by atoms with Crippen LogP contribution in [-0.4, -0.2) is 32.0 Å². The number of aliphatic hydroxyl groups is 1. The van der Waals surface area contributed by atoms with E-state index < -0.39 is 0 Å². The van der Waals surface area contributed by atoms with Crippen LogP contribution in [0.5, 0.6) is 11.5 Å². The molecule has 0 radical (unpaired) electrons. The molecule has 0 aromatic heterocycles. The highest BCUT2D eigenvalue weighted by atomic mass is 16.5. The molecule has 2 unspecified atom stereocenters. The van der Waals surface area contributed by atoms with Gasteiger partial charge in [-0.25, -0.2) is 0 Å². The van der Waals surface area contributed by atoms with Crippen LogP contribution in [-0.2, 0) is 6.54 Å². The summed E-state index contributed by atoms with van der Waals surface area (Å²) in [6.45, 7) is 4.98. The minimum atomic E-state index is 0.188. The van der Waals surface area contributed by atoms with Crippen LogP contribution in [0, 0.1) is 5.92 Å². The second-order valence-electron chi connectivity index (χ2n) is 4.51. The second-order valence-corrected chi connectivity index (χ2v) is 4.51. The summed E-state index contributed by atoms with van der Waals surface area (Å²) in [5.74, 6) is 1.83. The fourth-order valence-corrected chi connectivity index (χ4v) is 1.63. The number of rotatable bonds is 7. The lowest BCUT2D eigenvalue weighted by Gasteiger charge is -2.20. The first-order valence-corrected chi connectivity index (χ1v) is 6.17.